The summed E-state index contributed by atoms with van der Waals surface area (Å²) in [6, 6.07) is 13.5. The van der Waals surface area contributed by atoms with Gasteiger partial charge in [0.2, 0.25) is 0 Å². The van der Waals surface area contributed by atoms with E-state index in [0.717, 1.165) is 11.3 Å². The SMILES string of the molecule is Cc1ccc(-c2csc(/C(C#N)=C/Nc3cc(Cl)ccc3Cl)n2)cc1C. The summed E-state index contributed by atoms with van der Waals surface area (Å²) >= 11 is 13.5. The molecule has 130 valence electrons. The number of benzene rings is 2. The van der Waals surface area contributed by atoms with Crippen molar-refractivity contribution in [2.24, 2.45) is 0 Å². The first-order chi connectivity index (χ1) is 12.5. The number of nitrogens with zero attached hydrogens (tertiary/aromatic N) is 2. The molecule has 3 aromatic rings. The van der Waals surface area contributed by atoms with Gasteiger partial charge in [0.25, 0.3) is 0 Å². The molecule has 3 rings (SSSR count). The van der Waals surface area contributed by atoms with Crippen LogP contribution in [0.2, 0.25) is 10.0 Å². The molecule has 1 N–H and O–H groups in total. The van der Waals surface area contributed by atoms with Gasteiger partial charge in [-0.1, -0.05) is 35.3 Å². The van der Waals surface area contributed by atoms with E-state index in [1.165, 1.54) is 22.5 Å². The number of aryl methyl sites for hydroxylation is 2. The second-order valence-electron chi connectivity index (χ2n) is 5.78. The van der Waals surface area contributed by atoms with Gasteiger partial charge in [0.15, 0.2) is 0 Å². The molecule has 1 aromatic heterocycles. The third kappa shape index (κ3) is 4.08. The van der Waals surface area contributed by atoms with Crippen LogP contribution in [0.4, 0.5) is 5.69 Å². The lowest BCUT2D eigenvalue weighted by molar-refractivity contribution is 1.31. The maximum absolute atomic E-state index is 9.49. The van der Waals surface area contributed by atoms with Gasteiger partial charge < -0.3 is 5.32 Å². The molecule has 0 saturated heterocycles. The molecule has 0 fully saturated rings. The highest BCUT2D eigenvalue weighted by molar-refractivity contribution is 7.11. The van der Waals surface area contributed by atoms with Crippen molar-refractivity contribution >= 4 is 45.8 Å². The van der Waals surface area contributed by atoms with E-state index >= 15 is 0 Å². The first kappa shape index (κ1) is 18.5. The van der Waals surface area contributed by atoms with Crippen molar-refractivity contribution in [3.8, 4) is 17.3 Å². The van der Waals surface area contributed by atoms with Gasteiger partial charge in [-0.25, -0.2) is 4.98 Å². The van der Waals surface area contributed by atoms with Gasteiger partial charge in [-0.15, -0.1) is 11.3 Å². The zero-order valence-corrected chi connectivity index (χ0v) is 16.5. The summed E-state index contributed by atoms with van der Waals surface area (Å²) < 4.78 is 0. The first-order valence-electron chi connectivity index (χ1n) is 7.83. The van der Waals surface area contributed by atoms with Crippen molar-refractivity contribution in [1.82, 2.24) is 4.98 Å². The Morgan fingerprint density at radius 2 is 1.96 bits per heavy atom. The number of nitrogens with one attached hydrogen (secondary N) is 1. The average molecular weight is 400 g/mol. The van der Waals surface area contributed by atoms with Crippen molar-refractivity contribution in [3.05, 3.63) is 74.2 Å². The second kappa shape index (κ2) is 7.92. The molecule has 6 heteroatoms. The maximum atomic E-state index is 9.49. The van der Waals surface area contributed by atoms with E-state index in [9.17, 15) is 5.26 Å². The fourth-order valence-electron chi connectivity index (χ4n) is 2.33. The van der Waals surface area contributed by atoms with Gasteiger partial charge in [0.05, 0.1) is 16.4 Å². The lowest BCUT2D eigenvalue weighted by atomic mass is 10.1. The molecular weight excluding hydrogens is 385 g/mol. The van der Waals surface area contributed by atoms with Crippen LogP contribution >= 0.6 is 34.5 Å². The molecule has 0 atom stereocenters. The fourth-order valence-corrected chi connectivity index (χ4v) is 3.47. The van der Waals surface area contributed by atoms with Gasteiger partial charge >= 0.3 is 0 Å². The number of hydrogen-bond donors (Lipinski definition) is 1. The van der Waals surface area contributed by atoms with Crippen LogP contribution in [-0.2, 0) is 0 Å². The molecule has 0 aliphatic rings. The molecule has 26 heavy (non-hydrogen) atoms. The predicted molar refractivity (Wildman–Crippen MR) is 111 cm³/mol. The number of hydrogen-bond acceptors (Lipinski definition) is 4. The molecule has 2 aromatic carbocycles. The van der Waals surface area contributed by atoms with Crippen LogP contribution in [0, 0.1) is 25.2 Å². The highest BCUT2D eigenvalue weighted by Crippen LogP contribution is 2.29. The zero-order valence-electron chi connectivity index (χ0n) is 14.2. The van der Waals surface area contributed by atoms with Crippen molar-refractivity contribution in [2.75, 3.05) is 5.32 Å². The van der Waals surface area contributed by atoms with E-state index in [0.29, 0.717) is 26.3 Å². The van der Waals surface area contributed by atoms with Crippen LogP contribution in [0.15, 0.2) is 48.0 Å². The summed E-state index contributed by atoms with van der Waals surface area (Å²) in [5.74, 6) is 0. The van der Waals surface area contributed by atoms with E-state index in [2.05, 4.69) is 42.4 Å². The number of rotatable bonds is 4. The molecule has 0 aliphatic carbocycles. The molecule has 0 saturated carbocycles. The summed E-state index contributed by atoms with van der Waals surface area (Å²) in [6.45, 7) is 4.15. The normalized spacial score (nSPS) is 11.3. The summed E-state index contributed by atoms with van der Waals surface area (Å²) in [6.07, 6.45) is 1.60. The first-order valence-corrected chi connectivity index (χ1v) is 9.47. The Labute approximate surface area is 166 Å². The van der Waals surface area contributed by atoms with Gasteiger partial charge in [-0.05, 0) is 49.2 Å². The van der Waals surface area contributed by atoms with Crippen molar-refractivity contribution in [3.63, 3.8) is 0 Å². The topological polar surface area (TPSA) is 48.7 Å². The summed E-state index contributed by atoms with van der Waals surface area (Å²) in [5.41, 5.74) is 5.42. The van der Waals surface area contributed by atoms with Gasteiger partial charge in [0, 0.05) is 22.2 Å². The quantitative estimate of drug-likeness (QED) is 0.495. The lowest BCUT2D eigenvalue weighted by Crippen LogP contribution is -1.92. The number of halogens is 2. The molecule has 0 radical (unpaired) electrons. The Morgan fingerprint density at radius 1 is 1.15 bits per heavy atom. The van der Waals surface area contributed by atoms with E-state index in [1.807, 2.05) is 11.4 Å². The van der Waals surface area contributed by atoms with Gasteiger partial charge in [-0.3, -0.25) is 0 Å². The minimum absolute atomic E-state index is 0.432. The Bertz CT molecular complexity index is 1030. The van der Waals surface area contributed by atoms with E-state index in [-0.39, 0.29) is 0 Å². The van der Waals surface area contributed by atoms with E-state index < -0.39 is 0 Å². The highest BCUT2D eigenvalue weighted by Gasteiger charge is 2.10. The number of allylic oxidation sites excluding steroid dienone is 1. The molecule has 0 spiro atoms. The third-order valence-electron chi connectivity index (χ3n) is 3.96. The predicted octanol–water partition coefficient (Wildman–Crippen LogP) is 6.71. The monoisotopic (exact) mass is 399 g/mol. The summed E-state index contributed by atoms with van der Waals surface area (Å²) in [7, 11) is 0. The molecule has 3 nitrogen and oxygen atoms in total. The van der Waals surface area contributed by atoms with Crippen LogP contribution in [0.5, 0.6) is 0 Å². The van der Waals surface area contributed by atoms with Crippen molar-refractivity contribution in [2.45, 2.75) is 13.8 Å². The highest BCUT2D eigenvalue weighted by atomic mass is 35.5. The van der Waals surface area contributed by atoms with E-state index in [1.54, 1.807) is 24.4 Å². The Hall–Kier alpha value is -2.32. The fraction of sp³-hybridized carbons (Fsp3) is 0.100. The van der Waals surface area contributed by atoms with Crippen LogP contribution in [-0.4, -0.2) is 4.98 Å². The molecular formula is C20H15Cl2N3S. The third-order valence-corrected chi connectivity index (χ3v) is 5.40. The van der Waals surface area contributed by atoms with Crippen molar-refractivity contribution < 1.29 is 0 Å². The largest absolute Gasteiger partial charge is 0.359 e. The Morgan fingerprint density at radius 3 is 2.69 bits per heavy atom. The van der Waals surface area contributed by atoms with Crippen molar-refractivity contribution in [1.29, 1.82) is 5.26 Å². The Balaban J connectivity index is 1.87. The van der Waals surface area contributed by atoms with Crippen LogP contribution in [0.1, 0.15) is 16.1 Å². The van der Waals surface area contributed by atoms with Gasteiger partial charge in [0.1, 0.15) is 16.6 Å². The van der Waals surface area contributed by atoms with Gasteiger partial charge in [-0.2, -0.15) is 5.26 Å². The second-order valence-corrected chi connectivity index (χ2v) is 7.48. The molecule has 0 bridgehead atoms. The summed E-state index contributed by atoms with van der Waals surface area (Å²) in [5, 5.41) is 16.2. The number of nitriles is 1. The molecule has 0 unspecified atom stereocenters. The lowest BCUT2D eigenvalue weighted by Gasteiger charge is -2.05. The molecule has 0 amide bonds. The molecule has 1 heterocycles. The number of anilines is 1. The smallest absolute Gasteiger partial charge is 0.136 e. The number of aromatic nitrogens is 1. The average Bonchev–Trinajstić information content (AvgIpc) is 3.10. The zero-order chi connectivity index (χ0) is 18.7. The van der Waals surface area contributed by atoms with Crippen LogP contribution in [0.25, 0.3) is 16.8 Å². The van der Waals surface area contributed by atoms with E-state index in [4.69, 9.17) is 23.2 Å². The standard InChI is InChI=1S/C20H15Cl2N3S/c1-12-3-4-14(7-13(12)2)19-11-26-20(25-19)15(9-23)10-24-18-8-16(21)5-6-17(18)22/h3-8,10-11,24H,1-2H3/b15-10+. The van der Waals surface area contributed by atoms with Crippen LogP contribution < -0.4 is 5.32 Å². The van der Waals surface area contributed by atoms with Crippen LogP contribution in [0.3, 0.4) is 0 Å². The maximum Gasteiger partial charge on any atom is 0.136 e. The Kier molecular flexibility index (Phi) is 5.63. The minimum atomic E-state index is 0.432. The number of thiazole rings is 1. The minimum Gasteiger partial charge on any atom is -0.359 e. The molecule has 0 aliphatic heterocycles. The summed E-state index contributed by atoms with van der Waals surface area (Å²) in [4.78, 5) is 4.60.